The number of hydrogen-bond donors (Lipinski definition) is 2. The Morgan fingerprint density at radius 2 is 2.04 bits per heavy atom. The molecule has 27 heavy (non-hydrogen) atoms. The van der Waals surface area contributed by atoms with E-state index in [0.29, 0.717) is 23.7 Å². The highest BCUT2D eigenvalue weighted by atomic mass is 35.5. The monoisotopic (exact) mass is 380 g/mol. The topological polar surface area (TPSA) is 61.0 Å². The number of carbonyl (C=O) groups is 1. The summed E-state index contributed by atoms with van der Waals surface area (Å²) in [5.41, 5.74) is 5.46. The van der Waals surface area contributed by atoms with Crippen LogP contribution in [0.2, 0.25) is 5.02 Å². The summed E-state index contributed by atoms with van der Waals surface area (Å²) in [4.78, 5) is 15.2. The van der Waals surface area contributed by atoms with Crippen molar-refractivity contribution in [3.63, 3.8) is 0 Å². The minimum absolute atomic E-state index is 0.00845. The minimum atomic E-state index is -0.00845. The third-order valence-corrected chi connectivity index (χ3v) is 5.15. The Hall–Kier alpha value is -2.79. The molecular weight excluding hydrogens is 360 g/mol. The van der Waals surface area contributed by atoms with E-state index in [1.165, 1.54) is 0 Å². The molecule has 3 aromatic rings. The van der Waals surface area contributed by atoms with Gasteiger partial charge in [0.2, 0.25) is 0 Å². The zero-order chi connectivity index (χ0) is 19.1. The van der Waals surface area contributed by atoms with E-state index in [1.54, 1.807) is 0 Å². The number of H-pyrrole nitrogens is 1. The Morgan fingerprint density at radius 1 is 1.26 bits per heavy atom. The van der Waals surface area contributed by atoms with Gasteiger partial charge in [0.15, 0.2) is 5.82 Å². The van der Waals surface area contributed by atoms with Gasteiger partial charge in [0.25, 0.3) is 5.91 Å². The van der Waals surface area contributed by atoms with Crippen LogP contribution in [0, 0.1) is 0 Å². The molecule has 1 aliphatic rings. The normalized spacial score (nSPS) is 13.1. The predicted molar refractivity (Wildman–Crippen MR) is 110 cm³/mol. The molecule has 2 N–H and O–H groups in total. The van der Waals surface area contributed by atoms with Crippen LogP contribution < -0.4 is 5.32 Å². The summed E-state index contributed by atoms with van der Waals surface area (Å²) in [6, 6.07) is 9.67. The number of fused-ring (bicyclic) bond motifs is 2. The summed E-state index contributed by atoms with van der Waals surface area (Å²) in [7, 11) is 0. The van der Waals surface area contributed by atoms with Gasteiger partial charge in [-0.15, -0.1) is 0 Å². The lowest BCUT2D eigenvalue weighted by molar-refractivity contribution is 0.0751. The SMILES string of the molecule is C=C(C)c1cc2[nH]nc(NCC)c2cc1C(=O)N1Cc2ccc(Cl)cc2C1. The summed E-state index contributed by atoms with van der Waals surface area (Å²) in [6.07, 6.45) is 0. The molecule has 0 bridgehead atoms. The van der Waals surface area contributed by atoms with Crippen molar-refractivity contribution in [1.82, 2.24) is 15.1 Å². The fourth-order valence-electron chi connectivity index (χ4n) is 3.57. The van der Waals surface area contributed by atoms with Crippen molar-refractivity contribution in [3.8, 4) is 0 Å². The smallest absolute Gasteiger partial charge is 0.255 e. The van der Waals surface area contributed by atoms with Crippen LogP contribution in [0.5, 0.6) is 0 Å². The van der Waals surface area contributed by atoms with Crippen LogP contribution >= 0.6 is 11.6 Å². The van der Waals surface area contributed by atoms with E-state index in [1.807, 2.05) is 49.1 Å². The lowest BCUT2D eigenvalue weighted by atomic mass is 9.98. The number of carbonyl (C=O) groups excluding carboxylic acids is 1. The van der Waals surface area contributed by atoms with Crippen molar-refractivity contribution in [2.75, 3.05) is 11.9 Å². The molecule has 0 saturated heterocycles. The Bertz CT molecular complexity index is 1070. The lowest BCUT2D eigenvalue weighted by Crippen LogP contribution is -2.26. The van der Waals surface area contributed by atoms with Crippen LogP contribution in [-0.4, -0.2) is 27.5 Å². The molecule has 0 spiro atoms. The van der Waals surface area contributed by atoms with E-state index >= 15 is 0 Å². The van der Waals surface area contributed by atoms with Gasteiger partial charge in [0.05, 0.1) is 5.52 Å². The Labute approximate surface area is 163 Å². The molecule has 0 unspecified atom stereocenters. The number of amides is 1. The van der Waals surface area contributed by atoms with Crippen LogP contribution in [0.15, 0.2) is 36.9 Å². The molecular formula is C21H21ClN4O. The second-order valence-corrected chi connectivity index (χ2v) is 7.34. The third-order valence-electron chi connectivity index (χ3n) is 4.91. The quantitative estimate of drug-likeness (QED) is 0.681. The molecule has 2 heterocycles. The van der Waals surface area contributed by atoms with Crippen LogP contribution in [0.1, 0.15) is 40.9 Å². The second-order valence-electron chi connectivity index (χ2n) is 6.90. The molecule has 0 radical (unpaired) electrons. The van der Waals surface area contributed by atoms with Gasteiger partial charge in [-0.3, -0.25) is 9.89 Å². The highest BCUT2D eigenvalue weighted by molar-refractivity contribution is 6.30. The molecule has 5 nitrogen and oxygen atoms in total. The number of aromatic amines is 1. The molecule has 6 heteroatoms. The fourth-order valence-corrected chi connectivity index (χ4v) is 3.77. The first-order valence-corrected chi connectivity index (χ1v) is 9.34. The number of benzene rings is 2. The van der Waals surface area contributed by atoms with Crippen LogP contribution in [-0.2, 0) is 13.1 Å². The molecule has 0 atom stereocenters. The molecule has 1 amide bonds. The largest absolute Gasteiger partial charge is 0.368 e. The lowest BCUT2D eigenvalue weighted by Gasteiger charge is -2.18. The Balaban J connectivity index is 1.75. The first-order valence-electron chi connectivity index (χ1n) is 8.96. The van der Waals surface area contributed by atoms with Crippen molar-refractivity contribution in [1.29, 1.82) is 0 Å². The zero-order valence-electron chi connectivity index (χ0n) is 15.4. The average Bonchev–Trinajstić information content (AvgIpc) is 3.24. The van der Waals surface area contributed by atoms with Gasteiger partial charge >= 0.3 is 0 Å². The van der Waals surface area contributed by atoms with Gasteiger partial charge < -0.3 is 10.2 Å². The molecule has 2 aromatic carbocycles. The summed E-state index contributed by atoms with van der Waals surface area (Å²) < 4.78 is 0. The van der Waals surface area contributed by atoms with Gasteiger partial charge in [-0.05, 0) is 54.8 Å². The van der Waals surface area contributed by atoms with E-state index in [-0.39, 0.29) is 5.91 Å². The summed E-state index contributed by atoms with van der Waals surface area (Å²) in [5.74, 6) is 0.747. The second kappa shape index (κ2) is 6.74. The summed E-state index contributed by atoms with van der Waals surface area (Å²) in [6.45, 7) is 9.90. The molecule has 4 rings (SSSR count). The van der Waals surface area contributed by atoms with Gasteiger partial charge in [0.1, 0.15) is 0 Å². The highest BCUT2D eigenvalue weighted by Gasteiger charge is 2.27. The molecule has 0 fully saturated rings. The first-order chi connectivity index (χ1) is 13.0. The van der Waals surface area contributed by atoms with Gasteiger partial charge in [-0.25, -0.2) is 0 Å². The van der Waals surface area contributed by atoms with Gasteiger partial charge in [-0.2, -0.15) is 5.10 Å². The predicted octanol–water partition coefficient (Wildman–Crippen LogP) is 4.84. The van der Waals surface area contributed by atoms with Gasteiger partial charge in [0, 0.05) is 35.6 Å². The molecule has 1 aliphatic heterocycles. The number of hydrogen-bond acceptors (Lipinski definition) is 3. The van der Waals surface area contributed by atoms with Crippen molar-refractivity contribution < 1.29 is 4.79 Å². The Morgan fingerprint density at radius 3 is 2.78 bits per heavy atom. The number of nitrogens with zero attached hydrogens (tertiary/aromatic N) is 2. The minimum Gasteiger partial charge on any atom is -0.368 e. The highest BCUT2D eigenvalue weighted by Crippen LogP contribution is 2.32. The number of aromatic nitrogens is 2. The summed E-state index contributed by atoms with van der Waals surface area (Å²) >= 11 is 6.10. The van der Waals surface area contributed by atoms with Crippen molar-refractivity contribution in [2.45, 2.75) is 26.9 Å². The number of allylic oxidation sites excluding steroid dienone is 1. The number of halogens is 1. The average molecular weight is 381 g/mol. The van der Waals surface area contributed by atoms with Crippen LogP contribution in [0.25, 0.3) is 16.5 Å². The molecule has 138 valence electrons. The maximum atomic E-state index is 13.4. The maximum Gasteiger partial charge on any atom is 0.255 e. The number of nitrogens with one attached hydrogen (secondary N) is 2. The standard InChI is InChI=1S/C21H21ClN4O/c1-4-23-20-18-8-17(16(12(2)3)9-19(18)24-25-20)21(27)26-10-13-5-6-15(22)7-14(13)11-26/h5-9H,2,4,10-11H2,1,3H3,(H2,23,24,25). The zero-order valence-corrected chi connectivity index (χ0v) is 16.2. The molecule has 0 saturated carbocycles. The molecule has 0 aliphatic carbocycles. The Kier molecular flexibility index (Phi) is 4.40. The van der Waals surface area contributed by atoms with E-state index in [2.05, 4.69) is 22.1 Å². The fraction of sp³-hybridized carbons (Fsp3) is 0.238. The van der Waals surface area contributed by atoms with Crippen molar-refractivity contribution >= 4 is 39.8 Å². The van der Waals surface area contributed by atoms with Crippen molar-refractivity contribution in [2.24, 2.45) is 0 Å². The number of anilines is 1. The number of rotatable bonds is 4. The van der Waals surface area contributed by atoms with Crippen LogP contribution in [0.3, 0.4) is 0 Å². The van der Waals surface area contributed by atoms with E-state index in [0.717, 1.165) is 45.5 Å². The first kappa shape index (κ1) is 17.6. The van der Waals surface area contributed by atoms with Crippen LogP contribution in [0.4, 0.5) is 5.82 Å². The van der Waals surface area contributed by atoms with Gasteiger partial charge in [-0.1, -0.05) is 29.8 Å². The van der Waals surface area contributed by atoms with E-state index in [4.69, 9.17) is 11.6 Å². The maximum absolute atomic E-state index is 13.4. The van der Waals surface area contributed by atoms with E-state index < -0.39 is 0 Å². The van der Waals surface area contributed by atoms with Crippen molar-refractivity contribution in [3.05, 3.63) is 64.2 Å². The third kappa shape index (κ3) is 3.08. The van der Waals surface area contributed by atoms with E-state index in [9.17, 15) is 4.79 Å². The molecule has 1 aromatic heterocycles. The summed E-state index contributed by atoms with van der Waals surface area (Å²) in [5, 5.41) is 12.2.